The molecule has 0 bridgehead atoms. The van der Waals surface area contributed by atoms with Gasteiger partial charge in [0.1, 0.15) is 19.0 Å². The maximum Gasteiger partial charge on any atom is 0.174 e. The van der Waals surface area contributed by atoms with E-state index in [2.05, 4.69) is 0 Å². The lowest BCUT2D eigenvalue weighted by atomic mass is 9.93. The van der Waals surface area contributed by atoms with Crippen LogP contribution in [0.1, 0.15) is 6.92 Å². The van der Waals surface area contributed by atoms with E-state index in [1.54, 1.807) is 6.08 Å². The summed E-state index contributed by atoms with van der Waals surface area (Å²) in [5.41, 5.74) is 0. The third-order valence-electron chi connectivity index (χ3n) is 2.33. The quantitative estimate of drug-likeness (QED) is 0.638. The van der Waals surface area contributed by atoms with Crippen molar-refractivity contribution >= 4 is 5.78 Å². The first-order valence-corrected chi connectivity index (χ1v) is 4.52. The van der Waals surface area contributed by atoms with Crippen molar-refractivity contribution in [2.45, 2.75) is 13.1 Å². The van der Waals surface area contributed by atoms with E-state index in [-0.39, 0.29) is 11.5 Å². The van der Waals surface area contributed by atoms with E-state index in [0.717, 1.165) is 0 Å². The molecule has 0 saturated carbocycles. The number of rotatable bonds is 1. The second-order valence-corrected chi connectivity index (χ2v) is 3.32. The minimum absolute atomic E-state index is 0.166. The van der Waals surface area contributed by atoms with Gasteiger partial charge in [-0.25, -0.2) is 4.39 Å². The van der Waals surface area contributed by atoms with Crippen LogP contribution in [0.4, 0.5) is 4.39 Å². The molecule has 2 aliphatic rings. The van der Waals surface area contributed by atoms with E-state index in [9.17, 15) is 9.18 Å². The topological polar surface area (TPSA) is 35.5 Å². The Hall–Kier alpha value is -1.32. The first-order valence-electron chi connectivity index (χ1n) is 4.52. The molecule has 2 rings (SSSR count). The van der Waals surface area contributed by atoms with E-state index in [0.29, 0.717) is 19.0 Å². The minimum atomic E-state index is -1.40. The van der Waals surface area contributed by atoms with E-state index in [1.807, 2.05) is 0 Å². The maximum atomic E-state index is 13.7. The average Bonchev–Trinajstić information content (AvgIpc) is 2.18. The van der Waals surface area contributed by atoms with Crippen molar-refractivity contribution in [3.05, 3.63) is 23.7 Å². The van der Waals surface area contributed by atoms with Crippen LogP contribution in [0.5, 0.6) is 0 Å². The molecule has 0 aromatic heterocycles. The predicted octanol–water partition coefficient (Wildman–Crippen LogP) is 1.36. The number of alkyl halides is 1. The summed E-state index contributed by atoms with van der Waals surface area (Å²) in [6.07, 6.45) is 1.74. The van der Waals surface area contributed by atoms with Crippen molar-refractivity contribution in [2.24, 2.45) is 5.92 Å². The molecule has 1 aliphatic heterocycles. The van der Waals surface area contributed by atoms with Gasteiger partial charge in [0.15, 0.2) is 17.7 Å². The van der Waals surface area contributed by atoms with Crippen molar-refractivity contribution in [2.75, 3.05) is 13.2 Å². The smallest absolute Gasteiger partial charge is 0.174 e. The molecule has 0 saturated heterocycles. The molecule has 0 N–H and O–H groups in total. The SMILES string of the molecule is CC(=O)C1C=CC2=C(OCCO2)C1F. The van der Waals surface area contributed by atoms with Gasteiger partial charge in [-0.1, -0.05) is 6.08 Å². The number of allylic oxidation sites excluding steroid dienone is 3. The molecule has 0 aromatic carbocycles. The van der Waals surface area contributed by atoms with Gasteiger partial charge < -0.3 is 9.47 Å². The van der Waals surface area contributed by atoms with Gasteiger partial charge in [0.05, 0.1) is 5.92 Å². The Morgan fingerprint density at radius 2 is 2.21 bits per heavy atom. The van der Waals surface area contributed by atoms with Crippen LogP contribution in [0.2, 0.25) is 0 Å². The fourth-order valence-electron chi connectivity index (χ4n) is 1.58. The zero-order valence-corrected chi connectivity index (χ0v) is 7.83. The summed E-state index contributed by atoms with van der Waals surface area (Å²) in [6, 6.07) is 0. The molecule has 0 radical (unpaired) electrons. The molecular formula is C10H11FO3. The number of carbonyl (C=O) groups is 1. The first kappa shape index (κ1) is 9.24. The van der Waals surface area contributed by atoms with Crippen LogP contribution in [-0.2, 0) is 14.3 Å². The van der Waals surface area contributed by atoms with Crippen LogP contribution in [0.15, 0.2) is 23.7 Å². The molecule has 4 heteroatoms. The molecule has 2 unspecified atom stereocenters. The lowest BCUT2D eigenvalue weighted by molar-refractivity contribution is -0.121. The van der Waals surface area contributed by atoms with Crippen molar-refractivity contribution < 1.29 is 18.7 Å². The first-order chi connectivity index (χ1) is 6.70. The van der Waals surface area contributed by atoms with Gasteiger partial charge in [-0.2, -0.15) is 0 Å². The molecule has 0 aromatic rings. The van der Waals surface area contributed by atoms with Gasteiger partial charge in [-0.15, -0.1) is 0 Å². The summed E-state index contributed by atoms with van der Waals surface area (Å²) in [5, 5.41) is 0. The predicted molar refractivity (Wildman–Crippen MR) is 47.1 cm³/mol. The standard InChI is InChI=1S/C10H11FO3/c1-6(12)7-2-3-8-10(9(7)11)14-5-4-13-8/h2-3,7,9H,4-5H2,1H3. The zero-order chi connectivity index (χ0) is 10.1. The van der Waals surface area contributed by atoms with Gasteiger partial charge in [-0.3, -0.25) is 4.79 Å². The summed E-state index contributed by atoms with van der Waals surface area (Å²) in [5.74, 6) is -0.342. The third kappa shape index (κ3) is 1.41. The Kier molecular flexibility index (Phi) is 2.27. The van der Waals surface area contributed by atoms with Gasteiger partial charge >= 0.3 is 0 Å². The normalized spacial score (nSPS) is 30.4. The number of ether oxygens (including phenoxy) is 2. The Morgan fingerprint density at radius 3 is 2.93 bits per heavy atom. The summed E-state index contributed by atoms with van der Waals surface area (Å²) in [7, 11) is 0. The van der Waals surface area contributed by atoms with Gasteiger partial charge in [0, 0.05) is 0 Å². The fourth-order valence-corrected chi connectivity index (χ4v) is 1.58. The Balaban J connectivity index is 2.27. The highest BCUT2D eigenvalue weighted by Crippen LogP contribution is 2.30. The zero-order valence-electron chi connectivity index (χ0n) is 7.83. The van der Waals surface area contributed by atoms with Crippen LogP contribution in [0.3, 0.4) is 0 Å². The van der Waals surface area contributed by atoms with Crippen molar-refractivity contribution in [3.63, 3.8) is 0 Å². The van der Waals surface area contributed by atoms with Crippen LogP contribution in [0, 0.1) is 5.92 Å². The molecule has 0 amide bonds. The molecule has 2 atom stereocenters. The third-order valence-corrected chi connectivity index (χ3v) is 2.33. The van der Waals surface area contributed by atoms with Gasteiger partial charge in [-0.05, 0) is 13.0 Å². The molecule has 1 heterocycles. The molecule has 0 fully saturated rings. The lowest BCUT2D eigenvalue weighted by Gasteiger charge is -2.28. The fraction of sp³-hybridized carbons (Fsp3) is 0.500. The van der Waals surface area contributed by atoms with E-state index in [1.165, 1.54) is 13.0 Å². The lowest BCUT2D eigenvalue weighted by Crippen LogP contribution is -2.31. The van der Waals surface area contributed by atoms with Crippen LogP contribution >= 0.6 is 0 Å². The highest BCUT2D eigenvalue weighted by molar-refractivity contribution is 5.81. The van der Waals surface area contributed by atoms with Crippen molar-refractivity contribution in [1.29, 1.82) is 0 Å². The Bertz CT molecular complexity index is 319. The summed E-state index contributed by atoms with van der Waals surface area (Å²) >= 11 is 0. The Morgan fingerprint density at radius 1 is 1.50 bits per heavy atom. The molecule has 76 valence electrons. The molecule has 1 aliphatic carbocycles. The maximum absolute atomic E-state index is 13.7. The highest BCUT2D eigenvalue weighted by atomic mass is 19.1. The molecular weight excluding hydrogens is 187 g/mol. The molecule has 0 spiro atoms. The van der Waals surface area contributed by atoms with E-state index in [4.69, 9.17) is 9.47 Å². The van der Waals surface area contributed by atoms with Crippen LogP contribution < -0.4 is 0 Å². The second-order valence-electron chi connectivity index (χ2n) is 3.32. The van der Waals surface area contributed by atoms with Gasteiger partial charge in [0.2, 0.25) is 0 Å². The largest absolute Gasteiger partial charge is 0.487 e. The van der Waals surface area contributed by atoms with E-state index < -0.39 is 12.1 Å². The molecule has 14 heavy (non-hydrogen) atoms. The minimum Gasteiger partial charge on any atom is -0.487 e. The van der Waals surface area contributed by atoms with Gasteiger partial charge in [0.25, 0.3) is 0 Å². The summed E-state index contributed by atoms with van der Waals surface area (Å²) in [4.78, 5) is 11.1. The summed E-state index contributed by atoms with van der Waals surface area (Å²) < 4.78 is 24.0. The van der Waals surface area contributed by atoms with Crippen LogP contribution in [-0.4, -0.2) is 25.2 Å². The van der Waals surface area contributed by atoms with E-state index >= 15 is 0 Å². The number of hydrogen-bond acceptors (Lipinski definition) is 3. The van der Waals surface area contributed by atoms with Crippen molar-refractivity contribution in [1.82, 2.24) is 0 Å². The average molecular weight is 198 g/mol. The number of halogens is 1. The molecule has 3 nitrogen and oxygen atoms in total. The van der Waals surface area contributed by atoms with Crippen LogP contribution in [0.25, 0.3) is 0 Å². The number of hydrogen-bond donors (Lipinski definition) is 0. The second kappa shape index (κ2) is 3.44. The number of carbonyl (C=O) groups excluding carboxylic acids is 1. The number of Topliss-reactive ketones (excluding diaryl/α,β-unsaturated/α-hetero) is 1. The highest BCUT2D eigenvalue weighted by Gasteiger charge is 2.35. The Labute approximate surface area is 81.2 Å². The number of ketones is 1. The summed E-state index contributed by atoms with van der Waals surface area (Å²) in [6.45, 7) is 2.15. The monoisotopic (exact) mass is 198 g/mol. The van der Waals surface area contributed by atoms with Crippen molar-refractivity contribution in [3.8, 4) is 0 Å².